The third-order valence-corrected chi connectivity index (χ3v) is 6.94. The van der Waals surface area contributed by atoms with E-state index in [1.807, 2.05) is 61.5 Å². The number of benzene rings is 6. The Labute approximate surface area is 254 Å². The van der Waals surface area contributed by atoms with Crippen LogP contribution in [-0.2, 0) is 0 Å². The van der Waals surface area contributed by atoms with Crippen molar-refractivity contribution in [3.8, 4) is 0 Å². The maximum atomic E-state index is 10.1. The van der Waals surface area contributed by atoms with Crippen LogP contribution >= 0.6 is 0 Å². The van der Waals surface area contributed by atoms with Crippen molar-refractivity contribution in [3.63, 3.8) is 0 Å². The summed E-state index contributed by atoms with van der Waals surface area (Å²) in [5.41, 5.74) is 10.6. The second-order valence-corrected chi connectivity index (χ2v) is 10.1. The number of aryl methyl sites for hydroxylation is 2. The molecule has 0 spiro atoms. The van der Waals surface area contributed by atoms with E-state index >= 15 is 0 Å². The first-order valence-electron chi connectivity index (χ1n) is 13.6. The molecular weight excluding hydrogens is 541 g/mol. The third kappa shape index (κ3) is 8.87. The van der Waals surface area contributed by atoms with Gasteiger partial charge in [0.1, 0.15) is 12.3 Å². The lowest BCUT2D eigenvalue weighted by atomic mass is 9.79. The molecule has 0 aliphatic rings. The fourth-order valence-corrected chi connectivity index (χ4v) is 4.43. The molecular formula is C36H35BClNO3. The van der Waals surface area contributed by atoms with Crippen LogP contribution in [0.1, 0.15) is 38.7 Å². The average molecular weight is 576 g/mol. The van der Waals surface area contributed by atoms with Crippen molar-refractivity contribution in [2.24, 2.45) is 0 Å². The monoisotopic (exact) mass is 575 g/mol. The van der Waals surface area contributed by atoms with Crippen LogP contribution in [0.5, 0.6) is 0 Å². The molecule has 6 rings (SSSR count). The van der Waals surface area contributed by atoms with Crippen LogP contribution in [0.2, 0.25) is 0 Å². The summed E-state index contributed by atoms with van der Waals surface area (Å²) in [6.07, 6.45) is 0.847. The predicted molar refractivity (Wildman–Crippen MR) is 170 cm³/mol. The molecule has 212 valence electrons. The minimum absolute atomic E-state index is 0. The lowest BCUT2D eigenvalue weighted by Gasteiger charge is -2.10. The van der Waals surface area contributed by atoms with E-state index in [9.17, 15) is 4.79 Å². The van der Waals surface area contributed by atoms with E-state index in [0.717, 1.165) is 22.6 Å². The van der Waals surface area contributed by atoms with Gasteiger partial charge in [0.15, 0.2) is 0 Å². The molecule has 6 aromatic rings. The van der Waals surface area contributed by atoms with Crippen LogP contribution in [0.4, 0.5) is 0 Å². The highest BCUT2D eigenvalue weighted by Gasteiger charge is 2.12. The molecule has 0 bridgehead atoms. The molecule has 0 aromatic heterocycles. The zero-order chi connectivity index (χ0) is 29.2. The summed E-state index contributed by atoms with van der Waals surface area (Å²) in [6.45, 7) is 4.10. The second kappa shape index (κ2) is 15.7. The van der Waals surface area contributed by atoms with Crippen LogP contribution in [0, 0.1) is 13.8 Å². The van der Waals surface area contributed by atoms with Crippen molar-refractivity contribution in [2.45, 2.75) is 19.9 Å². The van der Waals surface area contributed by atoms with Gasteiger partial charge in [0.2, 0.25) is 0 Å². The Bertz CT molecular complexity index is 1720. The van der Waals surface area contributed by atoms with Gasteiger partial charge in [-0.05, 0) is 46.9 Å². The zero-order valence-electron chi connectivity index (χ0n) is 23.8. The van der Waals surface area contributed by atoms with E-state index in [4.69, 9.17) is 10.0 Å². The molecule has 6 aromatic carbocycles. The van der Waals surface area contributed by atoms with E-state index in [-0.39, 0.29) is 18.4 Å². The standard InChI is InChI=1S/C18H17N.C10H9BO2.C8H8O.ClH/c1-13-6-8-15(9-7-13)18(19)17-11-10-14-4-2-3-5-16(14)12-17;12-11(13)10-6-5-8-3-1-2-4-9(8)7-10;1-7-2-4-8(6-9)5-3-7;/h2-12,18H,19H2,1H3;1-7,12-13H;2-6H,1H3;1H. The van der Waals surface area contributed by atoms with Crippen molar-refractivity contribution in [2.75, 3.05) is 0 Å². The Kier molecular flexibility index (Phi) is 12.0. The molecule has 0 amide bonds. The molecule has 0 aliphatic carbocycles. The maximum absolute atomic E-state index is 10.1. The first kappa shape index (κ1) is 32.3. The Morgan fingerprint density at radius 3 is 1.57 bits per heavy atom. The summed E-state index contributed by atoms with van der Waals surface area (Å²) in [6, 6.07) is 44.5. The lowest BCUT2D eigenvalue weighted by Crippen LogP contribution is -3.00. The minimum Gasteiger partial charge on any atom is -1.00 e. The van der Waals surface area contributed by atoms with Crippen molar-refractivity contribution in [3.05, 3.63) is 161 Å². The molecule has 5 N–H and O–H groups in total. The summed E-state index contributed by atoms with van der Waals surface area (Å²) < 4.78 is 0. The van der Waals surface area contributed by atoms with Crippen molar-refractivity contribution in [1.82, 2.24) is 0 Å². The Morgan fingerprint density at radius 2 is 1.05 bits per heavy atom. The van der Waals surface area contributed by atoms with Gasteiger partial charge in [-0.1, -0.05) is 139 Å². The van der Waals surface area contributed by atoms with Crippen LogP contribution in [0.25, 0.3) is 21.5 Å². The number of quaternary nitrogens is 1. The van der Waals surface area contributed by atoms with Gasteiger partial charge in [-0.3, -0.25) is 4.79 Å². The number of rotatable bonds is 4. The van der Waals surface area contributed by atoms with Gasteiger partial charge < -0.3 is 28.2 Å². The minimum atomic E-state index is -1.38. The Balaban J connectivity index is 0.000000184. The van der Waals surface area contributed by atoms with Gasteiger partial charge in [-0.15, -0.1) is 0 Å². The fourth-order valence-electron chi connectivity index (χ4n) is 4.43. The summed E-state index contributed by atoms with van der Waals surface area (Å²) >= 11 is 0. The maximum Gasteiger partial charge on any atom is 0.488 e. The smallest absolute Gasteiger partial charge is 0.488 e. The van der Waals surface area contributed by atoms with Gasteiger partial charge >= 0.3 is 7.12 Å². The summed E-state index contributed by atoms with van der Waals surface area (Å²) in [7, 11) is -1.38. The molecule has 0 aliphatic heterocycles. The quantitative estimate of drug-likeness (QED) is 0.223. The van der Waals surface area contributed by atoms with Gasteiger partial charge in [0.25, 0.3) is 0 Å². The SMILES string of the molecule is Cc1ccc(C([NH3+])c2ccc3ccccc3c2)cc1.Cc1ccc(C=O)cc1.OB(O)c1ccc2ccccc2c1.[Cl-]. The molecule has 42 heavy (non-hydrogen) atoms. The highest BCUT2D eigenvalue weighted by Crippen LogP contribution is 2.23. The number of hydrogen-bond acceptors (Lipinski definition) is 3. The molecule has 0 radical (unpaired) electrons. The van der Waals surface area contributed by atoms with Crippen LogP contribution in [0.15, 0.2) is 133 Å². The number of fused-ring (bicyclic) bond motifs is 2. The van der Waals surface area contributed by atoms with Gasteiger partial charge in [0, 0.05) is 16.7 Å². The molecule has 0 fully saturated rings. The first-order valence-corrected chi connectivity index (χ1v) is 13.6. The first-order chi connectivity index (χ1) is 19.8. The van der Waals surface area contributed by atoms with E-state index in [2.05, 4.69) is 79.4 Å². The number of aldehydes is 1. The Hall–Kier alpha value is -4.26. The number of hydrogen-bond donors (Lipinski definition) is 3. The second-order valence-electron chi connectivity index (χ2n) is 10.1. The predicted octanol–water partition coefficient (Wildman–Crippen LogP) is 2.81. The van der Waals surface area contributed by atoms with Crippen molar-refractivity contribution < 1.29 is 33.0 Å². The third-order valence-electron chi connectivity index (χ3n) is 6.94. The normalized spacial score (nSPS) is 10.8. The summed E-state index contributed by atoms with van der Waals surface area (Å²) in [5, 5.41) is 22.6. The number of carbonyl (C=O) groups excluding carboxylic acids is 1. The molecule has 6 heteroatoms. The highest BCUT2D eigenvalue weighted by molar-refractivity contribution is 6.58. The highest BCUT2D eigenvalue weighted by atomic mass is 35.5. The Morgan fingerprint density at radius 1 is 0.595 bits per heavy atom. The van der Waals surface area contributed by atoms with E-state index in [1.54, 1.807) is 12.1 Å². The van der Waals surface area contributed by atoms with Crippen molar-refractivity contribution >= 4 is 40.4 Å². The molecule has 4 nitrogen and oxygen atoms in total. The van der Waals surface area contributed by atoms with Crippen molar-refractivity contribution in [1.29, 1.82) is 0 Å². The molecule has 0 saturated carbocycles. The van der Waals surface area contributed by atoms with E-state index in [0.29, 0.717) is 5.46 Å². The largest absolute Gasteiger partial charge is 1.00 e. The topological polar surface area (TPSA) is 85.2 Å². The average Bonchev–Trinajstić information content (AvgIpc) is 3.01. The fraction of sp³-hybridized carbons (Fsp3) is 0.0833. The van der Waals surface area contributed by atoms with Crippen LogP contribution < -0.4 is 23.6 Å². The number of carbonyl (C=O) groups is 1. The van der Waals surface area contributed by atoms with E-state index < -0.39 is 7.12 Å². The summed E-state index contributed by atoms with van der Waals surface area (Å²) in [5.74, 6) is 0. The lowest BCUT2D eigenvalue weighted by molar-refractivity contribution is -0.411. The van der Waals surface area contributed by atoms with Gasteiger partial charge in [-0.25, -0.2) is 0 Å². The molecule has 0 saturated heterocycles. The van der Waals surface area contributed by atoms with Crippen LogP contribution in [-0.4, -0.2) is 23.5 Å². The molecule has 1 unspecified atom stereocenters. The van der Waals surface area contributed by atoms with Crippen LogP contribution in [0.3, 0.4) is 0 Å². The molecule has 1 atom stereocenters. The van der Waals surface area contributed by atoms with Gasteiger partial charge in [-0.2, -0.15) is 0 Å². The summed E-state index contributed by atoms with van der Waals surface area (Å²) in [4.78, 5) is 10.1. The zero-order valence-corrected chi connectivity index (χ0v) is 24.6. The molecule has 0 heterocycles. The van der Waals surface area contributed by atoms with E-state index in [1.165, 1.54) is 33.0 Å². The number of halogens is 1. The van der Waals surface area contributed by atoms with Gasteiger partial charge in [0.05, 0.1) is 0 Å².